The Morgan fingerprint density at radius 3 is 2.92 bits per heavy atom. The van der Waals surface area contributed by atoms with Crippen molar-refractivity contribution in [3.05, 3.63) is 23.9 Å². The Labute approximate surface area is 76.1 Å². The maximum Gasteiger partial charge on any atom is 0.277 e. The summed E-state index contributed by atoms with van der Waals surface area (Å²) in [6.45, 7) is 0. The average molecular weight is 181 g/mol. The van der Waals surface area contributed by atoms with E-state index in [4.69, 9.17) is 10.6 Å². The van der Waals surface area contributed by atoms with E-state index in [9.17, 15) is 4.79 Å². The van der Waals surface area contributed by atoms with Crippen LogP contribution in [-0.2, 0) is 4.84 Å². The Morgan fingerprint density at radius 2 is 2.38 bits per heavy atom. The van der Waals surface area contributed by atoms with E-state index in [1.54, 1.807) is 6.07 Å². The molecule has 70 valence electrons. The van der Waals surface area contributed by atoms with Crippen molar-refractivity contribution in [1.29, 1.82) is 0 Å². The molecule has 2 N–H and O–H groups in total. The summed E-state index contributed by atoms with van der Waals surface area (Å²) in [6, 6.07) is 3.08. The van der Waals surface area contributed by atoms with Crippen molar-refractivity contribution in [1.82, 2.24) is 10.0 Å². The van der Waals surface area contributed by atoms with Gasteiger partial charge in [0.2, 0.25) is 0 Å². The third-order valence-corrected chi connectivity index (χ3v) is 1.59. The molecule has 0 aromatic carbocycles. The Balaban J connectivity index is 2.89. The maximum atomic E-state index is 11.4. The molecule has 1 heterocycles. The summed E-state index contributed by atoms with van der Waals surface area (Å²) in [5.41, 5.74) is 5.87. The number of amides is 1. The molecule has 0 unspecified atom stereocenters. The fourth-order valence-electron chi connectivity index (χ4n) is 0.846. The number of nitrogens with zero attached hydrogens (tertiary/aromatic N) is 2. The first-order valence-corrected chi connectivity index (χ1v) is 3.69. The van der Waals surface area contributed by atoms with Crippen LogP contribution in [0, 0.1) is 0 Å². The highest BCUT2D eigenvalue weighted by atomic mass is 16.7. The summed E-state index contributed by atoms with van der Waals surface area (Å²) in [5.74, 6) is 0.0620. The first-order valence-electron chi connectivity index (χ1n) is 3.69. The Hall–Kier alpha value is -1.62. The van der Waals surface area contributed by atoms with Crippen molar-refractivity contribution in [2.75, 3.05) is 19.9 Å². The molecule has 0 bridgehead atoms. The quantitative estimate of drug-likeness (QED) is 0.666. The topological polar surface area (TPSA) is 68.5 Å². The first-order chi connectivity index (χ1) is 6.15. The van der Waals surface area contributed by atoms with Gasteiger partial charge in [0.25, 0.3) is 5.91 Å². The van der Waals surface area contributed by atoms with Crippen molar-refractivity contribution in [3.63, 3.8) is 0 Å². The highest BCUT2D eigenvalue weighted by Gasteiger charge is 2.10. The summed E-state index contributed by atoms with van der Waals surface area (Å²) in [6.07, 6.45) is 1.48. The third-order valence-electron chi connectivity index (χ3n) is 1.59. The maximum absolute atomic E-state index is 11.4. The number of aromatic nitrogens is 1. The highest BCUT2D eigenvalue weighted by molar-refractivity contribution is 5.93. The lowest BCUT2D eigenvalue weighted by atomic mass is 10.2. The van der Waals surface area contributed by atoms with E-state index in [-0.39, 0.29) is 5.91 Å². The number of anilines is 1. The standard InChI is InChI=1S/C8H11N3O2/c1-11(13-2)8(12)6-3-4-10-7(9)5-6/h3-5H,1-2H3,(H2,9,10). The van der Waals surface area contributed by atoms with E-state index >= 15 is 0 Å². The van der Waals surface area contributed by atoms with Gasteiger partial charge in [-0.25, -0.2) is 10.0 Å². The lowest BCUT2D eigenvalue weighted by Gasteiger charge is -2.13. The van der Waals surface area contributed by atoms with Gasteiger partial charge in [-0.05, 0) is 12.1 Å². The molecule has 0 aliphatic carbocycles. The molecular formula is C8H11N3O2. The van der Waals surface area contributed by atoms with Crippen molar-refractivity contribution < 1.29 is 9.63 Å². The molecule has 1 aromatic heterocycles. The molecule has 0 atom stereocenters. The van der Waals surface area contributed by atoms with E-state index in [2.05, 4.69) is 4.98 Å². The fourth-order valence-corrected chi connectivity index (χ4v) is 0.846. The van der Waals surface area contributed by atoms with Crippen LogP contribution in [0.1, 0.15) is 10.4 Å². The minimum Gasteiger partial charge on any atom is -0.384 e. The molecular weight excluding hydrogens is 170 g/mol. The van der Waals surface area contributed by atoms with Crippen LogP contribution in [-0.4, -0.2) is 30.1 Å². The van der Waals surface area contributed by atoms with E-state index in [0.717, 1.165) is 5.06 Å². The molecule has 0 aliphatic rings. The fraction of sp³-hybridized carbons (Fsp3) is 0.250. The molecule has 0 fully saturated rings. The van der Waals surface area contributed by atoms with Gasteiger partial charge in [-0.15, -0.1) is 0 Å². The van der Waals surface area contributed by atoms with E-state index in [0.29, 0.717) is 11.4 Å². The van der Waals surface area contributed by atoms with Crippen molar-refractivity contribution in [3.8, 4) is 0 Å². The summed E-state index contributed by atoms with van der Waals surface area (Å²) in [7, 11) is 2.95. The van der Waals surface area contributed by atoms with Crippen LogP contribution in [0.3, 0.4) is 0 Å². The summed E-state index contributed by atoms with van der Waals surface area (Å²) in [4.78, 5) is 19.9. The lowest BCUT2D eigenvalue weighted by Crippen LogP contribution is -2.25. The zero-order valence-electron chi connectivity index (χ0n) is 7.52. The van der Waals surface area contributed by atoms with Gasteiger partial charge in [-0.2, -0.15) is 0 Å². The summed E-state index contributed by atoms with van der Waals surface area (Å²) < 4.78 is 0. The number of hydroxylamine groups is 2. The van der Waals surface area contributed by atoms with Crippen molar-refractivity contribution >= 4 is 11.7 Å². The normalized spacial score (nSPS) is 9.69. The van der Waals surface area contributed by atoms with Gasteiger partial charge < -0.3 is 5.73 Å². The Bertz CT molecular complexity index is 314. The van der Waals surface area contributed by atoms with Crippen molar-refractivity contribution in [2.24, 2.45) is 0 Å². The second kappa shape index (κ2) is 3.86. The van der Waals surface area contributed by atoms with Crippen LogP contribution in [0.25, 0.3) is 0 Å². The van der Waals surface area contributed by atoms with Crippen LogP contribution in [0.2, 0.25) is 0 Å². The lowest BCUT2D eigenvalue weighted by molar-refractivity contribution is -0.0757. The van der Waals surface area contributed by atoms with Gasteiger partial charge in [0.05, 0.1) is 7.11 Å². The first kappa shape index (κ1) is 9.47. The van der Waals surface area contributed by atoms with Gasteiger partial charge in [0.1, 0.15) is 5.82 Å². The molecule has 0 saturated carbocycles. The predicted molar refractivity (Wildman–Crippen MR) is 47.8 cm³/mol. The highest BCUT2D eigenvalue weighted by Crippen LogP contribution is 2.05. The minimum absolute atomic E-state index is 0.253. The smallest absolute Gasteiger partial charge is 0.277 e. The Kier molecular flexibility index (Phi) is 2.81. The molecule has 13 heavy (non-hydrogen) atoms. The molecule has 0 aliphatic heterocycles. The van der Waals surface area contributed by atoms with Gasteiger partial charge in [-0.1, -0.05) is 0 Å². The average Bonchev–Trinajstić information content (AvgIpc) is 2.15. The molecule has 5 heteroatoms. The SMILES string of the molecule is CON(C)C(=O)c1ccnc(N)c1. The summed E-state index contributed by atoms with van der Waals surface area (Å²) in [5, 5.41) is 1.12. The molecule has 1 aromatic rings. The van der Waals surface area contributed by atoms with E-state index in [1.807, 2.05) is 0 Å². The number of carbonyl (C=O) groups is 1. The molecule has 0 saturated heterocycles. The zero-order valence-corrected chi connectivity index (χ0v) is 7.52. The summed E-state index contributed by atoms with van der Waals surface area (Å²) >= 11 is 0. The van der Waals surface area contributed by atoms with Gasteiger partial charge in [-0.3, -0.25) is 9.63 Å². The van der Waals surface area contributed by atoms with E-state index < -0.39 is 0 Å². The monoisotopic (exact) mass is 181 g/mol. The largest absolute Gasteiger partial charge is 0.384 e. The van der Waals surface area contributed by atoms with Gasteiger partial charge in [0.15, 0.2) is 0 Å². The second-order valence-corrected chi connectivity index (χ2v) is 2.45. The van der Waals surface area contributed by atoms with E-state index in [1.165, 1.54) is 26.4 Å². The number of nitrogens with two attached hydrogens (primary N) is 1. The number of carbonyl (C=O) groups excluding carboxylic acids is 1. The van der Waals surface area contributed by atoms with Crippen LogP contribution in [0.15, 0.2) is 18.3 Å². The van der Waals surface area contributed by atoms with Crippen LogP contribution >= 0.6 is 0 Å². The van der Waals surface area contributed by atoms with Crippen LogP contribution in [0.5, 0.6) is 0 Å². The number of nitrogen functional groups attached to an aromatic ring is 1. The number of rotatable bonds is 2. The molecule has 0 spiro atoms. The molecule has 1 amide bonds. The molecule has 0 radical (unpaired) electrons. The van der Waals surface area contributed by atoms with Crippen molar-refractivity contribution in [2.45, 2.75) is 0 Å². The minimum atomic E-state index is -0.253. The number of hydrogen-bond donors (Lipinski definition) is 1. The number of hydrogen-bond acceptors (Lipinski definition) is 4. The van der Waals surface area contributed by atoms with Crippen LogP contribution < -0.4 is 5.73 Å². The third kappa shape index (κ3) is 2.16. The van der Waals surface area contributed by atoms with Gasteiger partial charge in [0, 0.05) is 18.8 Å². The van der Waals surface area contributed by atoms with Gasteiger partial charge >= 0.3 is 0 Å². The molecule has 1 rings (SSSR count). The number of pyridine rings is 1. The predicted octanol–water partition coefficient (Wildman–Crippen LogP) is 0.297. The van der Waals surface area contributed by atoms with Crippen LogP contribution in [0.4, 0.5) is 5.82 Å². The second-order valence-electron chi connectivity index (χ2n) is 2.45. The molecule has 5 nitrogen and oxygen atoms in total. The zero-order chi connectivity index (χ0) is 9.84. The Morgan fingerprint density at radius 1 is 1.69 bits per heavy atom.